The van der Waals surface area contributed by atoms with Crippen LogP contribution in [-0.2, 0) is 4.74 Å². The second-order valence-corrected chi connectivity index (χ2v) is 12.4. The Bertz CT molecular complexity index is 568. The van der Waals surface area contributed by atoms with E-state index in [9.17, 15) is 15.3 Å². The number of nitrogens with one attached hydrogen (secondary N) is 1. The summed E-state index contributed by atoms with van der Waals surface area (Å²) in [5.41, 5.74) is 0. The Balaban J connectivity index is 3.57. The summed E-state index contributed by atoms with van der Waals surface area (Å²) in [6.07, 6.45) is 38.0. The fourth-order valence-electron chi connectivity index (χ4n) is 5.38. The molecule has 0 heterocycles. The molecule has 4 N–H and O–H groups in total. The summed E-state index contributed by atoms with van der Waals surface area (Å²) < 4.78 is 5.66. The molecule has 0 aliphatic rings. The first kappa shape index (κ1) is 41.3. The van der Waals surface area contributed by atoms with Crippen molar-refractivity contribution in [1.82, 2.24) is 5.32 Å². The molecule has 0 bridgehead atoms. The Labute approximate surface area is 262 Å². The van der Waals surface area contributed by atoms with E-state index in [-0.39, 0.29) is 13.3 Å². The van der Waals surface area contributed by atoms with E-state index in [0.717, 1.165) is 19.3 Å². The van der Waals surface area contributed by atoms with Crippen LogP contribution in [0.25, 0.3) is 0 Å². The normalized spacial score (nSPS) is 14.3. The van der Waals surface area contributed by atoms with E-state index in [0.29, 0.717) is 13.0 Å². The van der Waals surface area contributed by atoms with E-state index >= 15 is 0 Å². The number of hydrogen-bond acceptors (Lipinski definition) is 5. The minimum absolute atomic E-state index is 0.218. The van der Waals surface area contributed by atoms with E-state index in [4.69, 9.17) is 4.74 Å². The highest BCUT2D eigenvalue weighted by molar-refractivity contribution is 5.02. The maximum Gasteiger partial charge on any atom is 0.0974 e. The summed E-state index contributed by atoms with van der Waals surface area (Å²) in [4.78, 5) is 0. The highest BCUT2D eigenvalue weighted by Gasteiger charge is 2.25. The van der Waals surface area contributed by atoms with Gasteiger partial charge in [0.2, 0.25) is 0 Å². The third-order valence-electron chi connectivity index (χ3n) is 8.32. The summed E-state index contributed by atoms with van der Waals surface area (Å²) in [6.45, 7) is 5.26. The number of ether oxygens (including phenoxy) is 1. The molecule has 3 atom stereocenters. The third kappa shape index (κ3) is 29.4. The molecule has 0 amide bonds. The predicted octanol–water partition coefficient (Wildman–Crippen LogP) is 9.54. The van der Waals surface area contributed by atoms with Gasteiger partial charge in [0.15, 0.2) is 0 Å². The van der Waals surface area contributed by atoms with Gasteiger partial charge in [0.25, 0.3) is 0 Å². The summed E-state index contributed by atoms with van der Waals surface area (Å²) in [7, 11) is 0. The second-order valence-electron chi connectivity index (χ2n) is 12.4. The number of allylic oxidation sites excluding steroid dienone is 4. The van der Waals surface area contributed by atoms with Gasteiger partial charge in [-0.05, 0) is 38.5 Å². The number of rotatable bonds is 34. The van der Waals surface area contributed by atoms with Crippen LogP contribution in [0.1, 0.15) is 174 Å². The van der Waals surface area contributed by atoms with E-state index in [1.54, 1.807) is 0 Å². The van der Waals surface area contributed by atoms with Crippen molar-refractivity contribution in [3.8, 4) is 0 Å². The van der Waals surface area contributed by atoms with Crippen molar-refractivity contribution < 1.29 is 20.1 Å². The molecule has 5 heteroatoms. The molecular weight excluding hydrogens is 522 g/mol. The van der Waals surface area contributed by atoms with Crippen molar-refractivity contribution in [3.63, 3.8) is 0 Å². The molecular formula is C37H73NO4. The molecule has 0 aromatic rings. The van der Waals surface area contributed by atoms with Gasteiger partial charge in [0.05, 0.1) is 31.6 Å². The van der Waals surface area contributed by atoms with Crippen molar-refractivity contribution in [2.24, 2.45) is 0 Å². The molecule has 0 spiro atoms. The van der Waals surface area contributed by atoms with Gasteiger partial charge in [0, 0.05) is 6.61 Å². The lowest BCUT2D eigenvalue weighted by molar-refractivity contribution is -0.0309. The van der Waals surface area contributed by atoms with Crippen LogP contribution in [-0.4, -0.2) is 53.5 Å². The lowest BCUT2D eigenvalue weighted by Gasteiger charge is -2.26. The van der Waals surface area contributed by atoms with Gasteiger partial charge in [-0.2, -0.15) is 0 Å². The smallest absolute Gasteiger partial charge is 0.0974 e. The third-order valence-corrected chi connectivity index (χ3v) is 8.32. The quantitative estimate of drug-likeness (QED) is 0.0338. The maximum absolute atomic E-state index is 10.5. The highest BCUT2D eigenvalue weighted by Crippen LogP contribution is 2.15. The first-order valence-corrected chi connectivity index (χ1v) is 18.3. The Morgan fingerprint density at radius 3 is 1.50 bits per heavy atom. The molecule has 5 nitrogen and oxygen atoms in total. The topological polar surface area (TPSA) is 82.0 Å². The van der Waals surface area contributed by atoms with Crippen LogP contribution in [0.2, 0.25) is 0 Å². The summed E-state index contributed by atoms with van der Waals surface area (Å²) in [5.74, 6) is 0. The minimum atomic E-state index is -0.979. The van der Waals surface area contributed by atoms with Crippen molar-refractivity contribution in [3.05, 3.63) is 24.3 Å². The molecule has 0 fully saturated rings. The van der Waals surface area contributed by atoms with Gasteiger partial charge in [-0.25, -0.2) is 0 Å². The fourth-order valence-corrected chi connectivity index (χ4v) is 5.38. The Morgan fingerprint density at radius 2 is 1.00 bits per heavy atom. The molecule has 0 rings (SSSR count). The Kier molecular flexibility index (Phi) is 34.2. The van der Waals surface area contributed by atoms with Gasteiger partial charge >= 0.3 is 0 Å². The van der Waals surface area contributed by atoms with E-state index in [1.165, 1.54) is 135 Å². The van der Waals surface area contributed by atoms with E-state index < -0.39 is 18.2 Å². The van der Waals surface area contributed by atoms with Gasteiger partial charge in [-0.15, -0.1) is 0 Å². The standard InChI is InChI=1S/C37H73NO4/c1-3-5-7-9-11-13-15-17-18-19-20-22-24-26-28-30-32-42-34-38-35(33-39)37(41)36(40)31-29-27-25-23-21-16-14-12-10-8-6-4-2/h13,15,17-18,35-41H,3-12,14,16,19-34H2,1-2H3/b15-13+,18-17+/t35-,36+,37-/m0/s1. The molecule has 0 aliphatic carbocycles. The summed E-state index contributed by atoms with van der Waals surface area (Å²) in [6, 6.07) is -0.562. The fraction of sp³-hybridized carbons (Fsp3) is 0.892. The number of aliphatic hydroxyl groups excluding tert-OH is 3. The zero-order valence-electron chi connectivity index (χ0n) is 28.1. The first-order valence-electron chi connectivity index (χ1n) is 18.3. The maximum atomic E-state index is 10.5. The molecule has 42 heavy (non-hydrogen) atoms. The van der Waals surface area contributed by atoms with Gasteiger partial charge < -0.3 is 20.1 Å². The lowest BCUT2D eigenvalue weighted by atomic mass is 9.99. The van der Waals surface area contributed by atoms with Crippen LogP contribution in [0, 0.1) is 0 Å². The molecule has 250 valence electrons. The van der Waals surface area contributed by atoms with E-state index in [2.05, 4.69) is 43.5 Å². The van der Waals surface area contributed by atoms with Gasteiger partial charge in [-0.3, -0.25) is 5.32 Å². The van der Waals surface area contributed by atoms with Crippen LogP contribution in [0.15, 0.2) is 24.3 Å². The van der Waals surface area contributed by atoms with Crippen LogP contribution in [0.3, 0.4) is 0 Å². The van der Waals surface area contributed by atoms with Crippen molar-refractivity contribution in [2.45, 2.75) is 193 Å². The minimum Gasteiger partial charge on any atom is -0.395 e. The lowest BCUT2D eigenvalue weighted by Crippen LogP contribution is -2.49. The van der Waals surface area contributed by atoms with Crippen LogP contribution >= 0.6 is 0 Å². The zero-order valence-corrected chi connectivity index (χ0v) is 28.1. The van der Waals surface area contributed by atoms with Crippen molar-refractivity contribution in [2.75, 3.05) is 19.9 Å². The van der Waals surface area contributed by atoms with Gasteiger partial charge in [0.1, 0.15) is 0 Å². The summed E-state index contributed by atoms with van der Waals surface area (Å²) >= 11 is 0. The van der Waals surface area contributed by atoms with E-state index in [1.807, 2.05) is 0 Å². The predicted molar refractivity (Wildman–Crippen MR) is 182 cm³/mol. The zero-order chi connectivity index (χ0) is 30.8. The second kappa shape index (κ2) is 34.8. The van der Waals surface area contributed by atoms with Crippen LogP contribution < -0.4 is 5.32 Å². The average molecular weight is 596 g/mol. The molecule has 0 saturated heterocycles. The number of aliphatic hydroxyl groups is 3. The number of unbranched alkanes of at least 4 members (excludes halogenated alkanes) is 21. The molecule has 0 unspecified atom stereocenters. The van der Waals surface area contributed by atoms with Gasteiger partial charge in [-0.1, -0.05) is 160 Å². The average Bonchev–Trinajstić information content (AvgIpc) is 3.00. The number of hydrogen-bond donors (Lipinski definition) is 4. The van der Waals surface area contributed by atoms with Crippen molar-refractivity contribution in [1.29, 1.82) is 0 Å². The van der Waals surface area contributed by atoms with Crippen LogP contribution in [0.4, 0.5) is 0 Å². The first-order chi connectivity index (χ1) is 20.7. The Hall–Kier alpha value is -0.720. The largest absolute Gasteiger partial charge is 0.395 e. The molecule has 0 saturated carbocycles. The Morgan fingerprint density at radius 1 is 0.571 bits per heavy atom. The summed E-state index contributed by atoms with van der Waals surface area (Å²) in [5, 5.41) is 33.6. The molecule has 0 aromatic heterocycles. The van der Waals surface area contributed by atoms with Crippen LogP contribution in [0.5, 0.6) is 0 Å². The molecule has 0 aromatic carbocycles. The SMILES string of the molecule is CCCCCC/C=C/C=C/CCCCCCCCOCN[C@@H](CO)[C@H](O)[C@H](O)CCCCCCCCCCCCCC. The monoisotopic (exact) mass is 596 g/mol. The molecule has 0 radical (unpaired) electrons. The highest BCUT2D eigenvalue weighted by atomic mass is 16.5. The van der Waals surface area contributed by atoms with Crippen molar-refractivity contribution >= 4 is 0 Å². The molecule has 0 aliphatic heterocycles.